The van der Waals surface area contributed by atoms with Crippen molar-refractivity contribution in [1.82, 2.24) is 19.3 Å². The maximum Gasteiger partial charge on any atom is 0.283 e. The van der Waals surface area contributed by atoms with E-state index in [2.05, 4.69) is 20.0 Å². The van der Waals surface area contributed by atoms with E-state index in [0.717, 1.165) is 17.5 Å². The van der Waals surface area contributed by atoms with Gasteiger partial charge in [0.1, 0.15) is 17.0 Å². The van der Waals surface area contributed by atoms with Crippen LogP contribution in [0.2, 0.25) is 5.02 Å². The number of pyridine rings is 1. The van der Waals surface area contributed by atoms with Gasteiger partial charge in [-0.15, -0.1) is 0 Å². The molecule has 2 amide bonds. The second kappa shape index (κ2) is 10.7. The molecule has 11 heteroatoms. The second-order valence-corrected chi connectivity index (χ2v) is 10.7. The van der Waals surface area contributed by atoms with Crippen LogP contribution in [-0.2, 0) is 21.4 Å². The first-order valence-electron chi connectivity index (χ1n) is 11.6. The number of hydrogen-bond acceptors (Lipinski definition) is 6. The van der Waals surface area contributed by atoms with Crippen LogP contribution in [0, 0.1) is 13.8 Å². The Labute approximate surface area is 219 Å². The molecule has 2 aromatic heterocycles. The number of aryl methyl sites for hydroxylation is 2. The number of halogens is 1. The molecule has 2 heterocycles. The molecule has 0 unspecified atom stereocenters. The molecule has 0 spiro atoms. The number of aromatic nitrogens is 3. The first-order chi connectivity index (χ1) is 17.6. The molecule has 0 aliphatic heterocycles. The highest BCUT2D eigenvalue weighted by molar-refractivity contribution is 7.90. The van der Waals surface area contributed by atoms with Crippen LogP contribution >= 0.6 is 11.6 Å². The minimum absolute atomic E-state index is 0.0163. The number of fused-ring (bicyclic) bond motifs is 1. The number of anilines is 1. The normalized spacial score (nSPS) is 11.5. The maximum absolute atomic E-state index is 12.8. The molecule has 0 radical (unpaired) electrons. The Morgan fingerprint density at radius 3 is 2.41 bits per heavy atom. The molecule has 2 aromatic carbocycles. The van der Waals surface area contributed by atoms with Crippen molar-refractivity contribution in [2.45, 2.75) is 45.1 Å². The number of benzene rings is 2. The Bertz CT molecular complexity index is 1600. The summed E-state index contributed by atoms with van der Waals surface area (Å²) in [5, 5.41) is 3.27. The summed E-state index contributed by atoms with van der Waals surface area (Å²) < 4.78 is 29.2. The number of amides is 2. The smallest absolute Gasteiger partial charge is 0.283 e. The lowest BCUT2D eigenvalue weighted by Crippen LogP contribution is -2.31. The Kier molecular flexibility index (Phi) is 7.60. The summed E-state index contributed by atoms with van der Waals surface area (Å²) in [5.74, 6) is -0.288. The summed E-state index contributed by atoms with van der Waals surface area (Å²) in [6, 6.07) is 14.5. The van der Waals surface area contributed by atoms with E-state index in [1.54, 1.807) is 47.9 Å². The Balaban J connectivity index is 1.59. The lowest BCUT2D eigenvalue weighted by Gasteiger charge is -2.11. The third-order valence-electron chi connectivity index (χ3n) is 5.72. The van der Waals surface area contributed by atoms with Crippen molar-refractivity contribution in [3.63, 3.8) is 0 Å². The van der Waals surface area contributed by atoms with Gasteiger partial charge in [-0.05, 0) is 62.2 Å². The summed E-state index contributed by atoms with van der Waals surface area (Å²) >= 11 is 6.50. The van der Waals surface area contributed by atoms with Gasteiger partial charge in [0.2, 0.25) is 5.91 Å². The molecule has 4 rings (SSSR count). The summed E-state index contributed by atoms with van der Waals surface area (Å²) in [6.07, 6.45) is 1.17. The number of carbonyl (C=O) groups is 2. The number of imidazole rings is 1. The minimum Gasteiger partial charge on any atom is -0.326 e. The number of rotatable bonds is 8. The third-order valence-corrected chi connectivity index (χ3v) is 7.42. The van der Waals surface area contributed by atoms with Gasteiger partial charge in [0.25, 0.3) is 15.9 Å². The zero-order valence-electron chi connectivity index (χ0n) is 20.6. The monoisotopic (exact) mass is 539 g/mol. The molecule has 9 nitrogen and oxygen atoms in total. The van der Waals surface area contributed by atoms with Gasteiger partial charge in [-0.2, -0.15) is 0 Å². The van der Waals surface area contributed by atoms with Crippen molar-refractivity contribution in [3.05, 3.63) is 82.3 Å². The molecule has 0 saturated heterocycles. The molecular formula is C26H26ClN5O4S. The van der Waals surface area contributed by atoms with Crippen molar-refractivity contribution in [1.29, 1.82) is 0 Å². The SMILES string of the molecule is CCCC(=O)Nc1ccc(Cn2c(C)nc3ccc(C(=O)NS(=O)(=O)c4ccc(C)cc4)nc32)c(Cl)c1. The fraction of sp³-hybridized carbons (Fsp3) is 0.231. The predicted octanol–water partition coefficient (Wildman–Crippen LogP) is 4.61. The summed E-state index contributed by atoms with van der Waals surface area (Å²) in [7, 11) is -4.06. The van der Waals surface area contributed by atoms with Crippen molar-refractivity contribution in [3.8, 4) is 0 Å². The molecule has 0 aliphatic rings. The molecule has 0 fully saturated rings. The van der Waals surface area contributed by atoms with Crippen LogP contribution in [0.4, 0.5) is 5.69 Å². The van der Waals surface area contributed by atoms with Gasteiger partial charge in [0.15, 0.2) is 5.65 Å². The van der Waals surface area contributed by atoms with E-state index in [1.807, 2.05) is 13.8 Å². The number of carbonyl (C=O) groups excluding carboxylic acids is 2. The number of nitrogens with one attached hydrogen (secondary N) is 2. The van der Waals surface area contributed by atoms with Crippen molar-refractivity contribution < 1.29 is 18.0 Å². The zero-order chi connectivity index (χ0) is 26.7. The molecule has 0 bridgehead atoms. The Morgan fingerprint density at radius 1 is 1.00 bits per heavy atom. The highest BCUT2D eigenvalue weighted by Crippen LogP contribution is 2.24. The van der Waals surface area contributed by atoms with E-state index in [0.29, 0.717) is 40.7 Å². The topological polar surface area (TPSA) is 123 Å². The van der Waals surface area contributed by atoms with Gasteiger partial charge in [-0.3, -0.25) is 9.59 Å². The van der Waals surface area contributed by atoms with E-state index in [9.17, 15) is 18.0 Å². The second-order valence-electron chi connectivity index (χ2n) is 8.64. The summed E-state index contributed by atoms with van der Waals surface area (Å²) in [6.45, 7) is 5.88. The fourth-order valence-electron chi connectivity index (χ4n) is 3.76. The van der Waals surface area contributed by atoms with Gasteiger partial charge in [0, 0.05) is 17.1 Å². The molecule has 192 valence electrons. The molecule has 0 aliphatic carbocycles. The lowest BCUT2D eigenvalue weighted by molar-refractivity contribution is -0.116. The van der Waals surface area contributed by atoms with Gasteiger partial charge in [-0.25, -0.2) is 23.1 Å². The Hall–Kier alpha value is -3.76. The zero-order valence-corrected chi connectivity index (χ0v) is 22.2. The van der Waals surface area contributed by atoms with Gasteiger partial charge in [0.05, 0.1) is 11.4 Å². The van der Waals surface area contributed by atoms with Crippen LogP contribution < -0.4 is 10.0 Å². The standard InChI is InChI=1S/C26H26ClN5O4S/c1-4-5-24(33)29-19-9-8-18(21(27)14-19)15-32-17(3)28-22-12-13-23(30-25(22)32)26(34)31-37(35,36)20-10-6-16(2)7-11-20/h6-14H,4-5,15H2,1-3H3,(H,29,33)(H,31,34). The van der Waals surface area contributed by atoms with Crippen LogP contribution in [0.3, 0.4) is 0 Å². The van der Waals surface area contributed by atoms with E-state index in [1.165, 1.54) is 18.2 Å². The third kappa shape index (κ3) is 5.98. The van der Waals surface area contributed by atoms with Crippen LogP contribution in [0.15, 0.2) is 59.5 Å². The van der Waals surface area contributed by atoms with Crippen LogP contribution in [0.5, 0.6) is 0 Å². The largest absolute Gasteiger partial charge is 0.326 e. The summed E-state index contributed by atoms with van der Waals surface area (Å²) in [5.41, 5.74) is 3.16. The number of nitrogens with zero attached hydrogens (tertiary/aromatic N) is 3. The first kappa shape index (κ1) is 26.3. The average Bonchev–Trinajstić information content (AvgIpc) is 3.15. The van der Waals surface area contributed by atoms with Crippen LogP contribution in [0.1, 0.15) is 47.2 Å². The quantitative estimate of drug-likeness (QED) is 0.337. The Morgan fingerprint density at radius 2 is 1.73 bits per heavy atom. The molecule has 2 N–H and O–H groups in total. The average molecular weight is 540 g/mol. The van der Waals surface area contributed by atoms with E-state index in [-0.39, 0.29) is 16.5 Å². The first-order valence-corrected chi connectivity index (χ1v) is 13.5. The lowest BCUT2D eigenvalue weighted by atomic mass is 10.2. The maximum atomic E-state index is 12.8. The van der Waals surface area contributed by atoms with Crippen LogP contribution in [-0.4, -0.2) is 34.8 Å². The highest BCUT2D eigenvalue weighted by atomic mass is 35.5. The number of sulfonamides is 1. The van der Waals surface area contributed by atoms with Crippen molar-refractivity contribution in [2.75, 3.05) is 5.32 Å². The van der Waals surface area contributed by atoms with Gasteiger partial charge < -0.3 is 9.88 Å². The van der Waals surface area contributed by atoms with Crippen LogP contribution in [0.25, 0.3) is 11.2 Å². The molecule has 4 aromatic rings. The molecule has 37 heavy (non-hydrogen) atoms. The molecule has 0 saturated carbocycles. The van der Waals surface area contributed by atoms with Gasteiger partial charge >= 0.3 is 0 Å². The van der Waals surface area contributed by atoms with Gasteiger partial charge in [-0.1, -0.05) is 42.3 Å². The molecular weight excluding hydrogens is 514 g/mol. The fourth-order valence-corrected chi connectivity index (χ4v) is 4.96. The molecule has 0 atom stereocenters. The van der Waals surface area contributed by atoms with E-state index >= 15 is 0 Å². The highest BCUT2D eigenvalue weighted by Gasteiger charge is 2.21. The summed E-state index contributed by atoms with van der Waals surface area (Å²) in [4.78, 5) is 33.6. The predicted molar refractivity (Wildman–Crippen MR) is 142 cm³/mol. The van der Waals surface area contributed by atoms with E-state index < -0.39 is 15.9 Å². The van der Waals surface area contributed by atoms with E-state index in [4.69, 9.17) is 11.6 Å². The van der Waals surface area contributed by atoms with Crippen molar-refractivity contribution in [2.24, 2.45) is 0 Å². The number of hydrogen-bond donors (Lipinski definition) is 2. The minimum atomic E-state index is -4.06. The van der Waals surface area contributed by atoms with Crippen molar-refractivity contribution >= 4 is 50.3 Å².